The molecule has 19 heteroatoms. The zero-order chi connectivity index (χ0) is 45.9. The Balaban J connectivity index is 1.21. The number of methoxy groups -OCH3 is 1. The van der Waals surface area contributed by atoms with E-state index in [4.69, 9.17) is 32.9 Å². The second-order valence-electron chi connectivity index (χ2n) is 17.4. The molecule has 0 bridgehead atoms. The lowest BCUT2D eigenvalue weighted by Crippen LogP contribution is -2.47. The molecule has 12 nitrogen and oxygen atoms in total. The lowest BCUT2D eigenvalue weighted by Gasteiger charge is -2.53. The molecule has 0 aliphatic heterocycles. The van der Waals surface area contributed by atoms with Crippen molar-refractivity contribution in [2.75, 3.05) is 78.1 Å². The van der Waals surface area contributed by atoms with Crippen LogP contribution in [-0.2, 0) is 55.2 Å². The van der Waals surface area contributed by atoms with Crippen molar-refractivity contribution in [2.45, 2.75) is 134 Å². The fraction of sp³-hybridized carbons (Fsp3) is 0.841. The van der Waals surface area contributed by atoms with E-state index in [1.165, 1.54) is 11.1 Å². The van der Waals surface area contributed by atoms with E-state index in [-0.39, 0.29) is 36.0 Å². The van der Waals surface area contributed by atoms with Crippen molar-refractivity contribution < 1.29 is 78.6 Å². The van der Waals surface area contributed by atoms with Gasteiger partial charge in [0.05, 0.1) is 72.0 Å². The summed E-state index contributed by atoms with van der Waals surface area (Å²) in [5, 5.41) is 0. The van der Waals surface area contributed by atoms with Crippen LogP contribution >= 0.6 is 7.82 Å². The zero-order valence-corrected chi connectivity index (χ0v) is 38.6. The number of hydrogen-bond acceptors (Lipinski definition) is 10. The van der Waals surface area contributed by atoms with Crippen LogP contribution in [0.3, 0.4) is 0 Å². The number of carbonyl (C=O) groups excluding carboxylic acids is 1. The Morgan fingerprint density at radius 1 is 0.825 bits per heavy atom. The molecule has 0 radical (unpaired) electrons. The van der Waals surface area contributed by atoms with Crippen LogP contribution in [0.25, 0.3) is 0 Å². The number of rotatable bonds is 32. The number of carbonyl (C=O) groups is 1. The number of phosphoric acid groups is 1. The van der Waals surface area contributed by atoms with E-state index >= 15 is 0 Å². The highest BCUT2D eigenvalue weighted by Crippen LogP contribution is 2.65. The minimum absolute atomic E-state index is 0.0896. The molecule has 63 heavy (non-hydrogen) atoms. The quantitative estimate of drug-likeness (QED) is 0.0176. The monoisotopic (exact) mass is 948 g/mol. The van der Waals surface area contributed by atoms with Gasteiger partial charge < -0.3 is 42.8 Å². The molecule has 364 valence electrons. The van der Waals surface area contributed by atoms with E-state index in [2.05, 4.69) is 13.0 Å². The second kappa shape index (κ2) is 26.8. The molecule has 4 rings (SSSR count). The van der Waals surface area contributed by atoms with E-state index in [9.17, 15) is 45.7 Å². The molecule has 1 aromatic rings. The molecule has 2 fully saturated rings. The summed E-state index contributed by atoms with van der Waals surface area (Å²) in [7, 11) is -3.04. The van der Waals surface area contributed by atoms with Crippen LogP contribution in [0.4, 0.5) is 22.0 Å². The van der Waals surface area contributed by atoms with Crippen LogP contribution < -0.4 is 4.74 Å². The number of benzene rings is 1. The van der Waals surface area contributed by atoms with Crippen LogP contribution in [0.1, 0.15) is 120 Å². The molecule has 3 aliphatic rings. The van der Waals surface area contributed by atoms with Gasteiger partial charge in [0.1, 0.15) is 17.3 Å². The van der Waals surface area contributed by atoms with Gasteiger partial charge >= 0.3 is 25.9 Å². The molecule has 1 unspecified atom stereocenters. The zero-order valence-electron chi connectivity index (χ0n) is 36.9. The van der Waals surface area contributed by atoms with Gasteiger partial charge in [-0.25, -0.2) is 4.57 Å². The van der Waals surface area contributed by atoms with Crippen molar-refractivity contribution in [1.29, 1.82) is 0 Å². The van der Waals surface area contributed by atoms with E-state index in [0.717, 1.165) is 70.6 Å². The summed E-state index contributed by atoms with van der Waals surface area (Å²) in [5.41, 5.74) is 2.06. The normalized spacial score (nSPS) is 24.2. The fourth-order valence-electron chi connectivity index (χ4n) is 9.90. The SMILES string of the molecule is COCCOCCOCCOCCOCCC(=O)Oc1ccc2c(c1)C[C@@H](CCCCCCCCC[S+]([O-])CCCC(F)(F)C(F)(F)F)[C@@H]1[C@@H]2CC[C@]2(C)[C@@H](OP(=O)(O)O)CC[C@@H]12. The summed E-state index contributed by atoms with van der Waals surface area (Å²) in [6, 6.07) is 5.93. The molecule has 0 heterocycles. The molecule has 7 atom stereocenters. The third-order valence-corrected chi connectivity index (χ3v) is 15.0. The average Bonchev–Trinajstić information content (AvgIpc) is 3.53. The Morgan fingerprint density at radius 3 is 2.03 bits per heavy atom. The van der Waals surface area contributed by atoms with Gasteiger partial charge in [-0.2, -0.15) is 22.0 Å². The van der Waals surface area contributed by atoms with Crippen molar-refractivity contribution in [3.05, 3.63) is 29.3 Å². The Labute approximate surface area is 372 Å². The third-order valence-electron chi connectivity index (χ3n) is 13.0. The lowest BCUT2D eigenvalue weighted by atomic mass is 9.52. The summed E-state index contributed by atoms with van der Waals surface area (Å²) in [4.78, 5) is 32.3. The maximum atomic E-state index is 13.1. The van der Waals surface area contributed by atoms with Crippen molar-refractivity contribution in [1.82, 2.24) is 0 Å². The molecule has 3 aliphatic carbocycles. The highest BCUT2D eigenvalue weighted by molar-refractivity contribution is 7.91. The van der Waals surface area contributed by atoms with Gasteiger partial charge in [-0.1, -0.05) is 56.3 Å². The van der Waals surface area contributed by atoms with E-state index < -0.39 is 56.0 Å². The topological polar surface area (TPSA) is 162 Å². The fourth-order valence-corrected chi connectivity index (χ4v) is 11.8. The second-order valence-corrected chi connectivity index (χ2v) is 20.3. The lowest BCUT2D eigenvalue weighted by molar-refractivity contribution is -0.284. The van der Waals surface area contributed by atoms with Crippen LogP contribution in [0.2, 0.25) is 0 Å². The molecule has 0 amide bonds. The van der Waals surface area contributed by atoms with Gasteiger partial charge in [0.15, 0.2) is 0 Å². The smallest absolute Gasteiger partial charge is 0.469 e. The number of esters is 1. The van der Waals surface area contributed by atoms with Gasteiger partial charge in [0.2, 0.25) is 0 Å². The number of phosphoric ester groups is 1. The molecule has 0 saturated heterocycles. The molecular formula is C44H70F5O12PS. The van der Waals surface area contributed by atoms with E-state index in [1.807, 2.05) is 12.1 Å². The maximum absolute atomic E-state index is 13.1. The number of hydrogen-bond donors (Lipinski definition) is 2. The minimum atomic E-state index is -5.59. The standard InChI is InChI=1S/C44H70F5O12PS/c1-42-19-16-37-36-13-12-35(60-40(50)17-20-56-23-24-58-27-28-59-26-25-57-22-21-55-2)32-34(36)31-33(41(37)38(42)14-15-39(42)61-62(51,52)53)11-8-6-4-3-5-7-9-29-63(54)30-10-18-43(45,46)44(47,48)49/h12-13,32-33,37-39,41H,3-11,14-31H2,1-2H3,(H2,51,52,53)/t33-,37-,38+,39+,41-,42+,63?/m1/s1. The molecule has 0 spiro atoms. The first-order valence-corrected chi connectivity index (χ1v) is 25.6. The number of fused-ring (bicyclic) bond motifs is 5. The van der Waals surface area contributed by atoms with Crippen LogP contribution in [0.15, 0.2) is 18.2 Å². The summed E-state index contributed by atoms with van der Waals surface area (Å²) in [6.07, 6.45) is 3.43. The van der Waals surface area contributed by atoms with Gasteiger partial charge in [-0.05, 0) is 110 Å². The van der Waals surface area contributed by atoms with Crippen molar-refractivity contribution in [2.24, 2.45) is 23.2 Å². The van der Waals surface area contributed by atoms with Crippen LogP contribution in [0, 0.1) is 23.2 Å². The minimum Gasteiger partial charge on any atom is -0.616 e. The predicted octanol–water partition coefficient (Wildman–Crippen LogP) is 9.10. The van der Waals surface area contributed by atoms with Gasteiger partial charge in [0, 0.05) is 13.5 Å². The maximum Gasteiger partial charge on any atom is 0.469 e. The molecule has 0 aromatic heterocycles. The molecule has 2 saturated carbocycles. The van der Waals surface area contributed by atoms with Crippen LogP contribution in [-0.4, -0.2) is 117 Å². The van der Waals surface area contributed by atoms with Gasteiger partial charge in [-0.3, -0.25) is 9.32 Å². The molecule has 2 N–H and O–H groups in total. The number of ether oxygens (including phenoxy) is 6. The highest BCUT2D eigenvalue weighted by atomic mass is 32.2. The van der Waals surface area contributed by atoms with Crippen molar-refractivity contribution >= 4 is 25.0 Å². The summed E-state index contributed by atoms with van der Waals surface area (Å²) in [5.74, 6) is -3.38. The van der Waals surface area contributed by atoms with Gasteiger partial charge in [-0.15, -0.1) is 0 Å². The first kappa shape index (κ1) is 54.2. The Kier molecular flexibility index (Phi) is 23.0. The molecular weight excluding hydrogens is 879 g/mol. The molecule has 1 aromatic carbocycles. The number of alkyl halides is 5. The van der Waals surface area contributed by atoms with Crippen molar-refractivity contribution in [3.63, 3.8) is 0 Å². The first-order chi connectivity index (χ1) is 29.9. The van der Waals surface area contributed by atoms with Crippen molar-refractivity contribution in [3.8, 4) is 5.75 Å². The average molecular weight is 949 g/mol. The number of unbranched alkanes of at least 4 members (excludes halogenated alkanes) is 6. The largest absolute Gasteiger partial charge is 0.616 e. The summed E-state index contributed by atoms with van der Waals surface area (Å²) >= 11 is -1.42. The Hall–Kier alpha value is -1.44. The van der Waals surface area contributed by atoms with Crippen LogP contribution in [0.5, 0.6) is 5.75 Å². The third kappa shape index (κ3) is 18.0. The summed E-state index contributed by atoms with van der Waals surface area (Å²) < 4.78 is 125. The Morgan fingerprint density at radius 2 is 1.41 bits per heavy atom. The number of halogens is 5. The van der Waals surface area contributed by atoms with E-state index in [1.54, 1.807) is 7.11 Å². The highest BCUT2D eigenvalue weighted by Gasteiger charge is 2.59. The summed E-state index contributed by atoms with van der Waals surface area (Å²) in [6.45, 7) is 5.94. The predicted molar refractivity (Wildman–Crippen MR) is 227 cm³/mol. The Bertz CT molecular complexity index is 1540. The van der Waals surface area contributed by atoms with Gasteiger partial charge in [0.25, 0.3) is 0 Å². The first-order valence-electron chi connectivity index (χ1n) is 22.6. The van der Waals surface area contributed by atoms with E-state index in [0.29, 0.717) is 89.0 Å².